The van der Waals surface area contributed by atoms with E-state index in [4.69, 9.17) is 9.84 Å². The van der Waals surface area contributed by atoms with E-state index in [1.54, 1.807) is 19.9 Å². The number of pyridine rings is 2. The van der Waals surface area contributed by atoms with Crippen LogP contribution in [-0.4, -0.2) is 88.6 Å². The van der Waals surface area contributed by atoms with E-state index in [0.29, 0.717) is 32.0 Å². The monoisotopic (exact) mass is 534 g/mol. The third-order valence-corrected chi connectivity index (χ3v) is 6.95. The zero-order valence-corrected chi connectivity index (χ0v) is 20.8. The number of anilines is 2. The molecule has 4 rings (SSSR count). The molecule has 14 nitrogen and oxygen atoms in total. The number of ether oxygens (including phenoxy) is 1. The summed E-state index contributed by atoms with van der Waals surface area (Å²) in [6.45, 7) is 5.08. The Kier molecular flexibility index (Phi) is 7.29. The first-order chi connectivity index (χ1) is 17.5. The molecule has 0 saturated carbocycles. The molecule has 198 valence electrons. The van der Waals surface area contributed by atoms with E-state index in [9.17, 15) is 27.4 Å². The second-order valence-corrected chi connectivity index (χ2v) is 10.3. The summed E-state index contributed by atoms with van der Waals surface area (Å²) in [5.41, 5.74) is -1.59. The van der Waals surface area contributed by atoms with Crippen LogP contribution in [0, 0.1) is 5.92 Å². The molecule has 2 atom stereocenters. The van der Waals surface area contributed by atoms with Crippen LogP contribution >= 0.6 is 0 Å². The topological polar surface area (TPSA) is 183 Å². The largest absolute Gasteiger partial charge is 0.478 e. The molecule has 2 saturated heterocycles. The highest BCUT2D eigenvalue weighted by Gasteiger charge is 2.47. The Balaban J connectivity index is 1.37. The molecule has 4 heterocycles. The molecule has 0 aliphatic carbocycles. The number of aromatic carboxylic acids is 1. The van der Waals surface area contributed by atoms with Crippen LogP contribution in [0.2, 0.25) is 0 Å². The van der Waals surface area contributed by atoms with Crippen LogP contribution in [-0.2, 0) is 14.9 Å². The standard InChI is InChI=1S/C22H26N6O8S/c1-13(2)18-19(29)28(21(25-18)37(33,34)35)17-6-4-15(12-24-17)36-22(32)27-9-7-26(8-10-27)16-5-3-14(11-23-16)20(30)31/h3-6,11-13,18,21,25H,7-10H2,1-2H3,(H,30,31)(H,33,34,35). The fourth-order valence-corrected chi connectivity index (χ4v) is 4.85. The molecule has 0 radical (unpaired) electrons. The molecule has 15 heteroatoms. The number of carboxylic acid groups (broad SMARTS) is 1. The van der Waals surface area contributed by atoms with Gasteiger partial charge in [0.2, 0.25) is 11.4 Å². The van der Waals surface area contributed by atoms with Crippen molar-refractivity contribution in [3.63, 3.8) is 0 Å². The Morgan fingerprint density at radius 3 is 2.22 bits per heavy atom. The molecule has 2 aromatic rings. The van der Waals surface area contributed by atoms with E-state index in [2.05, 4.69) is 15.3 Å². The van der Waals surface area contributed by atoms with Crippen LogP contribution in [0.4, 0.5) is 16.4 Å². The van der Waals surface area contributed by atoms with Crippen molar-refractivity contribution in [3.05, 3.63) is 42.2 Å². The summed E-state index contributed by atoms with van der Waals surface area (Å²) >= 11 is 0. The lowest BCUT2D eigenvalue weighted by molar-refractivity contribution is -0.119. The van der Waals surface area contributed by atoms with E-state index < -0.39 is 39.6 Å². The van der Waals surface area contributed by atoms with Gasteiger partial charge in [-0.15, -0.1) is 0 Å². The normalized spacial score (nSPS) is 20.4. The summed E-state index contributed by atoms with van der Waals surface area (Å²) in [4.78, 5) is 48.9. The van der Waals surface area contributed by atoms with Crippen LogP contribution < -0.4 is 19.9 Å². The van der Waals surface area contributed by atoms with Gasteiger partial charge in [-0.05, 0) is 30.2 Å². The first kappa shape index (κ1) is 26.2. The average Bonchev–Trinajstić information content (AvgIpc) is 3.22. The third-order valence-electron chi connectivity index (χ3n) is 6.04. The van der Waals surface area contributed by atoms with Gasteiger partial charge in [0, 0.05) is 32.4 Å². The van der Waals surface area contributed by atoms with Crippen LogP contribution in [0.5, 0.6) is 5.75 Å². The maximum atomic E-state index is 12.8. The van der Waals surface area contributed by atoms with Crippen molar-refractivity contribution in [2.24, 2.45) is 5.92 Å². The third kappa shape index (κ3) is 5.63. The SMILES string of the molecule is CC(C)C1NC(S(=O)(=O)O)N(c2ccc(OC(=O)N3CCN(c4ccc(C(=O)O)cn4)CC3)cn2)C1=O. The van der Waals surface area contributed by atoms with Gasteiger partial charge in [-0.1, -0.05) is 13.8 Å². The maximum absolute atomic E-state index is 12.8. The highest BCUT2D eigenvalue weighted by atomic mass is 32.2. The lowest BCUT2D eigenvalue weighted by Crippen LogP contribution is -2.49. The fourth-order valence-electron chi connectivity index (χ4n) is 4.05. The number of nitrogens with one attached hydrogen (secondary N) is 1. The minimum Gasteiger partial charge on any atom is -0.478 e. The van der Waals surface area contributed by atoms with E-state index in [1.807, 2.05) is 4.90 Å². The van der Waals surface area contributed by atoms with Gasteiger partial charge in [0.1, 0.15) is 11.6 Å². The Bertz CT molecular complexity index is 1280. The smallest absolute Gasteiger partial charge is 0.415 e. The number of rotatable bonds is 6. The van der Waals surface area contributed by atoms with E-state index in [0.717, 1.165) is 4.90 Å². The van der Waals surface area contributed by atoms with Gasteiger partial charge in [0.15, 0.2) is 5.75 Å². The Hall–Kier alpha value is -3.82. The highest BCUT2D eigenvalue weighted by molar-refractivity contribution is 7.86. The second kappa shape index (κ2) is 10.3. The van der Waals surface area contributed by atoms with Gasteiger partial charge < -0.3 is 19.6 Å². The van der Waals surface area contributed by atoms with Gasteiger partial charge in [0.05, 0.1) is 17.8 Å². The number of carboxylic acids is 1. The molecular weight excluding hydrogens is 508 g/mol. The fraction of sp³-hybridized carbons (Fsp3) is 0.409. The molecule has 2 aliphatic rings. The summed E-state index contributed by atoms with van der Waals surface area (Å²) in [5, 5.41) is 11.6. The number of aromatic nitrogens is 2. The van der Waals surface area contributed by atoms with E-state index in [-0.39, 0.29) is 23.0 Å². The summed E-state index contributed by atoms with van der Waals surface area (Å²) in [7, 11) is -4.65. The lowest BCUT2D eigenvalue weighted by Gasteiger charge is -2.34. The molecule has 2 amide bonds. The molecule has 0 spiro atoms. The molecule has 2 fully saturated rings. The number of piperazine rings is 1. The average molecular weight is 535 g/mol. The number of carbonyl (C=O) groups is 3. The minimum absolute atomic E-state index is 0.0295. The Morgan fingerprint density at radius 1 is 1.05 bits per heavy atom. The number of hydrogen-bond donors (Lipinski definition) is 3. The van der Waals surface area contributed by atoms with Crippen molar-refractivity contribution in [1.29, 1.82) is 0 Å². The van der Waals surface area contributed by atoms with Crippen LogP contribution in [0.25, 0.3) is 0 Å². The molecule has 2 aliphatic heterocycles. The molecule has 2 aromatic heterocycles. The number of nitrogens with zero attached hydrogens (tertiary/aromatic N) is 5. The van der Waals surface area contributed by atoms with Gasteiger partial charge >= 0.3 is 22.2 Å². The van der Waals surface area contributed by atoms with Crippen molar-refractivity contribution in [3.8, 4) is 5.75 Å². The van der Waals surface area contributed by atoms with Crippen molar-refractivity contribution < 1.29 is 37.2 Å². The predicted molar refractivity (Wildman–Crippen MR) is 130 cm³/mol. The summed E-state index contributed by atoms with van der Waals surface area (Å²) in [6.07, 6.45) is 1.86. The Labute approximate surface area is 212 Å². The summed E-state index contributed by atoms with van der Waals surface area (Å²) < 4.78 is 38.6. The zero-order valence-electron chi connectivity index (χ0n) is 20.0. The van der Waals surface area contributed by atoms with E-state index in [1.165, 1.54) is 35.5 Å². The molecule has 3 N–H and O–H groups in total. The summed E-state index contributed by atoms with van der Waals surface area (Å²) in [5.74, 6) is -1.19. The van der Waals surface area contributed by atoms with Crippen LogP contribution in [0.1, 0.15) is 24.2 Å². The first-order valence-electron chi connectivity index (χ1n) is 11.4. The predicted octanol–water partition coefficient (Wildman–Crippen LogP) is 0.628. The number of carbonyl (C=O) groups excluding carboxylic acids is 2. The molecule has 37 heavy (non-hydrogen) atoms. The van der Waals surface area contributed by atoms with Gasteiger partial charge in [-0.2, -0.15) is 8.42 Å². The molecule has 0 bridgehead atoms. The van der Waals surface area contributed by atoms with Crippen molar-refractivity contribution in [2.75, 3.05) is 36.0 Å². The first-order valence-corrected chi connectivity index (χ1v) is 12.9. The second-order valence-electron chi connectivity index (χ2n) is 8.87. The minimum atomic E-state index is -4.65. The highest BCUT2D eigenvalue weighted by Crippen LogP contribution is 2.27. The van der Waals surface area contributed by atoms with Crippen molar-refractivity contribution >= 4 is 39.7 Å². The molecule has 2 unspecified atom stereocenters. The molecular formula is C22H26N6O8S. The van der Waals surface area contributed by atoms with Gasteiger partial charge in [0.25, 0.3) is 0 Å². The van der Waals surface area contributed by atoms with Gasteiger partial charge in [-0.3, -0.25) is 19.6 Å². The number of amides is 2. The summed E-state index contributed by atoms with van der Waals surface area (Å²) in [6, 6.07) is 4.96. The van der Waals surface area contributed by atoms with Gasteiger partial charge in [-0.25, -0.2) is 19.6 Å². The van der Waals surface area contributed by atoms with E-state index >= 15 is 0 Å². The maximum Gasteiger partial charge on any atom is 0.415 e. The van der Waals surface area contributed by atoms with Crippen molar-refractivity contribution in [2.45, 2.75) is 25.4 Å². The number of hydrogen-bond acceptors (Lipinski definition) is 10. The Morgan fingerprint density at radius 2 is 1.70 bits per heavy atom. The lowest BCUT2D eigenvalue weighted by atomic mass is 10.1. The van der Waals surface area contributed by atoms with Crippen LogP contribution in [0.3, 0.4) is 0 Å². The molecule has 0 aromatic carbocycles. The quantitative estimate of drug-likeness (QED) is 0.440. The zero-order chi connectivity index (χ0) is 26.9. The van der Waals surface area contributed by atoms with Crippen LogP contribution in [0.15, 0.2) is 36.7 Å². The van der Waals surface area contributed by atoms with Crippen molar-refractivity contribution in [1.82, 2.24) is 20.2 Å².